The molecule has 0 radical (unpaired) electrons. The molecule has 1 aromatic heterocycles. The summed E-state index contributed by atoms with van der Waals surface area (Å²) in [4.78, 5) is 14.9. The number of aryl methyl sites for hydroxylation is 1. The fourth-order valence-electron chi connectivity index (χ4n) is 1.55. The first-order valence-electron chi connectivity index (χ1n) is 5.19. The molecular weight excluding hydrogens is 270 g/mol. The van der Waals surface area contributed by atoms with Crippen molar-refractivity contribution in [3.63, 3.8) is 0 Å². The van der Waals surface area contributed by atoms with E-state index in [-0.39, 0.29) is 22.2 Å². The lowest BCUT2D eigenvalue weighted by Crippen LogP contribution is -2.12. The van der Waals surface area contributed by atoms with Gasteiger partial charge in [-0.15, -0.1) is 0 Å². The average Bonchev–Trinajstić information content (AvgIpc) is 2.70. The average molecular weight is 281 g/mol. The zero-order valence-corrected chi connectivity index (χ0v) is 10.8. The van der Waals surface area contributed by atoms with Crippen LogP contribution < -0.4 is 10.9 Å². The number of sulfonamides is 1. The number of hydrogen-bond donors (Lipinski definition) is 2. The van der Waals surface area contributed by atoms with Crippen molar-refractivity contribution in [3.8, 4) is 11.5 Å². The van der Waals surface area contributed by atoms with Crippen LogP contribution in [0, 0.1) is 6.92 Å². The summed E-state index contributed by atoms with van der Waals surface area (Å²) < 4.78 is 27.8. The Balaban J connectivity index is 2.54. The van der Waals surface area contributed by atoms with Gasteiger partial charge in [-0.2, -0.15) is 0 Å². The molecule has 4 N–H and O–H groups in total. The molecule has 0 aliphatic heterocycles. The largest absolute Gasteiger partial charge is 0.441 e. The van der Waals surface area contributed by atoms with E-state index in [0.717, 1.165) is 0 Å². The van der Waals surface area contributed by atoms with Crippen LogP contribution in [0.25, 0.3) is 11.5 Å². The van der Waals surface area contributed by atoms with Crippen molar-refractivity contribution < 1.29 is 17.6 Å². The van der Waals surface area contributed by atoms with E-state index in [2.05, 4.69) is 4.98 Å². The van der Waals surface area contributed by atoms with Crippen LogP contribution in [0.2, 0.25) is 0 Å². The van der Waals surface area contributed by atoms with Gasteiger partial charge in [0.2, 0.25) is 15.9 Å². The molecule has 0 atom stereocenters. The van der Waals surface area contributed by atoms with Crippen LogP contribution in [0.1, 0.15) is 16.2 Å². The summed E-state index contributed by atoms with van der Waals surface area (Å²) in [5, 5.41) is 5.03. The maximum atomic E-state index is 11.2. The van der Waals surface area contributed by atoms with Crippen LogP contribution in [0.5, 0.6) is 0 Å². The highest BCUT2D eigenvalue weighted by atomic mass is 32.2. The van der Waals surface area contributed by atoms with Crippen LogP contribution in [-0.2, 0) is 10.0 Å². The number of nitrogens with two attached hydrogens (primary N) is 2. The molecule has 19 heavy (non-hydrogen) atoms. The number of hydrogen-bond acceptors (Lipinski definition) is 5. The molecule has 8 heteroatoms. The minimum absolute atomic E-state index is 0.0102. The van der Waals surface area contributed by atoms with Gasteiger partial charge in [0, 0.05) is 5.56 Å². The fourth-order valence-corrected chi connectivity index (χ4v) is 2.11. The van der Waals surface area contributed by atoms with E-state index in [0.29, 0.717) is 5.56 Å². The number of carbonyl (C=O) groups excluding carboxylic acids is 1. The van der Waals surface area contributed by atoms with Crippen LogP contribution in [-0.4, -0.2) is 19.3 Å². The lowest BCUT2D eigenvalue weighted by Gasteiger charge is -1.99. The Bertz CT molecular complexity index is 749. The molecule has 0 unspecified atom stereocenters. The van der Waals surface area contributed by atoms with Crippen molar-refractivity contribution in [2.24, 2.45) is 10.9 Å². The smallest absolute Gasteiger partial charge is 0.270 e. The highest BCUT2D eigenvalue weighted by molar-refractivity contribution is 7.89. The van der Waals surface area contributed by atoms with Gasteiger partial charge in [0.1, 0.15) is 5.76 Å². The number of carbonyl (C=O) groups is 1. The Morgan fingerprint density at radius 1 is 1.37 bits per heavy atom. The van der Waals surface area contributed by atoms with Crippen molar-refractivity contribution >= 4 is 15.9 Å². The second-order valence-corrected chi connectivity index (χ2v) is 5.42. The molecule has 0 saturated carbocycles. The maximum absolute atomic E-state index is 11.2. The molecule has 2 aromatic rings. The zero-order chi connectivity index (χ0) is 14.2. The second kappa shape index (κ2) is 4.48. The van der Waals surface area contributed by atoms with Gasteiger partial charge >= 0.3 is 0 Å². The number of nitrogens with zero attached hydrogens (tertiary/aromatic N) is 1. The Kier molecular flexibility index (Phi) is 3.13. The number of rotatable bonds is 3. The Hall–Kier alpha value is -2.19. The monoisotopic (exact) mass is 281 g/mol. The Morgan fingerprint density at radius 2 is 2.05 bits per heavy atom. The molecule has 0 fully saturated rings. The van der Waals surface area contributed by atoms with Gasteiger partial charge in [0.25, 0.3) is 5.91 Å². The highest BCUT2D eigenvalue weighted by Crippen LogP contribution is 2.23. The second-order valence-electron chi connectivity index (χ2n) is 3.86. The SMILES string of the molecule is Cc1oc(-c2cccc(S(N)(=O)=O)c2)nc1C(N)=O. The number of benzene rings is 1. The third-order valence-electron chi connectivity index (χ3n) is 2.44. The zero-order valence-electron chi connectivity index (χ0n) is 9.95. The Labute approximate surface area is 109 Å². The topological polar surface area (TPSA) is 129 Å². The van der Waals surface area contributed by atoms with Crippen LogP contribution in [0.3, 0.4) is 0 Å². The van der Waals surface area contributed by atoms with Crippen LogP contribution in [0.15, 0.2) is 33.6 Å². The summed E-state index contributed by atoms with van der Waals surface area (Å²) in [5.74, 6) is -0.338. The number of oxazole rings is 1. The third kappa shape index (κ3) is 2.64. The first-order valence-corrected chi connectivity index (χ1v) is 6.74. The van der Waals surface area contributed by atoms with Crippen LogP contribution >= 0.6 is 0 Å². The van der Waals surface area contributed by atoms with Gasteiger partial charge < -0.3 is 10.2 Å². The number of aromatic nitrogens is 1. The van der Waals surface area contributed by atoms with Crippen molar-refractivity contribution in [2.45, 2.75) is 11.8 Å². The van der Waals surface area contributed by atoms with E-state index in [9.17, 15) is 13.2 Å². The van der Waals surface area contributed by atoms with Gasteiger partial charge in [-0.05, 0) is 25.1 Å². The number of primary amides is 1. The highest BCUT2D eigenvalue weighted by Gasteiger charge is 2.17. The van der Waals surface area contributed by atoms with Gasteiger partial charge in [0.15, 0.2) is 5.69 Å². The molecule has 0 bridgehead atoms. The standard InChI is InChI=1S/C11H11N3O4S/c1-6-9(10(12)15)14-11(18-6)7-3-2-4-8(5-7)19(13,16)17/h2-5H,1H3,(H2,12,15)(H2,13,16,17). The molecule has 0 aliphatic rings. The van der Waals surface area contributed by atoms with Crippen molar-refractivity contribution in [1.82, 2.24) is 4.98 Å². The minimum Gasteiger partial charge on any atom is -0.441 e. The fraction of sp³-hybridized carbons (Fsp3) is 0.0909. The molecule has 0 saturated heterocycles. The summed E-state index contributed by atoms with van der Waals surface area (Å²) in [5.41, 5.74) is 5.53. The Morgan fingerprint density at radius 3 is 2.58 bits per heavy atom. The van der Waals surface area contributed by atoms with E-state index in [4.69, 9.17) is 15.3 Å². The molecule has 0 aliphatic carbocycles. The van der Waals surface area contributed by atoms with E-state index in [1.807, 2.05) is 0 Å². The maximum Gasteiger partial charge on any atom is 0.270 e. The van der Waals surface area contributed by atoms with Crippen molar-refractivity contribution in [3.05, 3.63) is 35.7 Å². The van der Waals surface area contributed by atoms with Gasteiger partial charge in [-0.3, -0.25) is 4.79 Å². The number of primary sulfonamides is 1. The summed E-state index contributed by atoms with van der Waals surface area (Å²) in [6, 6.07) is 5.75. The van der Waals surface area contributed by atoms with Crippen molar-refractivity contribution in [1.29, 1.82) is 0 Å². The molecular formula is C11H11N3O4S. The predicted molar refractivity (Wildman–Crippen MR) is 66.6 cm³/mol. The predicted octanol–water partition coefficient (Wildman–Crippen LogP) is 0.396. The third-order valence-corrected chi connectivity index (χ3v) is 3.35. The number of amides is 1. The summed E-state index contributed by atoms with van der Waals surface area (Å²) in [6.45, 7) is 1.54. The molecule has 100 valence electrons. The van der Waals surface area contributed by atoms with Crippen molar-refractivity contribution in [2.75, 3.05) is 0 Å². The summed E-state index contributed by atoms with van der Waals surface area (Å²) >= 11 is 0. The first kappa shape index (κ1) is 13.2. The molecule has 1 amide bonds. The molecule has 0 spiro atoms. The molecule has 1 heterocycles. The quantitative estimate of drug-likeness (QED) is 0.840. The van der Waals surface area contributed by atoms with E-state index >= 15 is 0 Å². The van der Waals surface area contributed by atoms with Gasteiger partial charge in [-0.1, -0.05) is 6.07 Å². The molecule has 7 nitrogen and oxygen atoms in total. The minimum atomic E-state index is -3.81. The molecule has 2 rings (SSSR count). The van der Waals surface area contributed by atoms with Gasteiger partial charge in [0.05, 0.1) is 4.90 Å². The first-order chi connectivity index (χ1) is 8.79. The van der Waals surface area contributed by atoms with E-state index < -0.39 is 15.9 Å². The molecule has 1 aromatic carbocycles. The normalized spacial score (nSPS) is 11.5. The van der Waals surface area contributed by atoms with E-state index in [1.54, 1.807) is 13.0 Å². The van der Waals surface area contributed by atoms with Crippen LogP contribution in [0.4, 0.5) is 0 Å². The lowest BCUT2D eigenvalue weighted by molar-refractivity contribution is 0.0994. The summed E-state index contributed by atoms with van der Waals surface area (Å²) in [6.07, 6.45) is 0. The van der Waals surface area contributed by atoms with E-state index in [1.165, 1.54) is 18.2 Å². The summed E-state index contributed by atoms with van der Waals surface area (Å²) in [7, 11) is -3.81. The lowest BCUT2D eigenvalue weighted by atomic mass is 10.2. The van der Waals surface area contributed by atoms with Gasteiger partial charge in [-0.25, -0.2) is 18.5 Å².